The second kappa shape index (κ2) is 6.50. The van der Waals surface area contributed by atoms with E-state index in [1.165, 1.54) is 6.42 Å². The Hall–Kier alpha value is -0.220. The fraction of sp³-hybridized carbons (Fsp3) is 1.00. The normalized spacial score (nSPS) is 31.3. The molecule has 0 aliphatic heterocycles. The summed E-state index contributed by atoms with van der Waals surface area (Å²) in [5.74, 6) is 1.29. The molecule has 1 aliphatic rings. The molecule has 2 N–H and O–H groups in total. The Morgan fingerprint density at radius 2 is 1.75 bits per heavy atom. The quantitative estimate of drug-likeness (QED) is 0.791. The van der Waals surface area contributed by atoms with E-state index in [4.69, 9.17) is 5.73 Å². The molecule has 1 fully saturated rings. The van der Waals surface area contributed by atoms with E-state index in [1.807, 2.05) is 4.90 Å². The van der Waals surface area contributed by atoms with Gasteiger partial charge in [-0.2, -0.15) is 0 Å². The molecule has 2 unspecified atom stereocenters. The third kappa shape index (κ3) is 4.34. The van der Waals surface area contributed by atoms with Gasteiger partial charge in [0.15, 0.2) is 0 Å². The monoisotopic (exact) mass is 234 g/mol. The number of halogens is 2. The van der Waals surface area contributed by atoms with Crippen LogP contribution in [0.5, 0.6) is 0 Å². The number of hydrogen-bond acceptors (Lipinski definition) is 2. The van der Waals surface area contributed by atoms with Crippen molar-refractivity contribution in [3.05, 3.63) is 0 Å². The Morgan fingerprint density at radius 3 is 2.19 bits per heavy atom. The average Bonchev–Trinajstić information content (AvgIpc) is 2.14. The van der Waals surface area contributed by atoms with Crippen LogP contribution >= 0.6 is 0 Å². The van der Waals surface area contributed by atoms with E-state index in [9.17, 15) is 8.78 Å². The van der Waals surface area contributed by atoms with E-state index in [-0.39, 0.29) is 6.54 Å². The van der Waals surface area contributed by atoms with Gasteiger partial charge in [0, 0.05) is 19.1 Å². The molecule has 1 aliphatic carbocycles. The van der Waals surface area contributed by atoms with E-state index < -0.39 is 6.43 Å². The van der Waals surface area contributed by atoms with Crippen LogP contribution in [-0.4, -0.2) is 37.0 Å². The van der Waals surface area contributed by atoms with Crippen molar-refractivity contribution in [3.8, 4) is 0 Å². The molecule has 0 saturated heterocycles. The lowest BCUT2D eigenvalue weighted by atomic mass is 9.80. The van der Waals surface area contributed by atoms with Crippen LogP contribution in [0.15, 0.2) is 0 Å². The summed E-state index contributed by atoms with van der Waals surface area (Å²) in [7, 11) is 0. The van der Waals surface area contributed by atoms with Crippen LogP contribution in [0.25, 0.3) is 0 Å². The fourth-order valence-corrected chi connectivity index (χ4v) is 2.97. The molecule has 0 heterocycles. The van der Waals surface area contributed by atoms with Crippen molar-refractivity contribution < 1.29 is 8.78 Å². The highest BCUT2D eigenvalue weighted by atomic mass is 19.3. The van der Waals surface area contributed by atoms with Gasteiger partial charge in [-0.25, -0.2) is 8.78 Å². The molecule has 0 aromatic rings. The van der Waals surface area contributed by atoms with Crippen LogP contribution in [0.4, 0.5) is 8.78 Å². The maximum atomic E-state index is 12.5. The van der Waals surface area contributed by atoms with Crippen molar-refractivity contribution in [1.29, 1.82) is 0 Å². The smallest absolute Gasteiger partial charge is 0.251 e. The maximum absolute atomic E-state index is 12.5. The zero-order chi connectivity index (χ0) is 12.1. The Bertz CT molecular complexity index is 187. The minimum atomic E-state index is -2.25. The van der Waals surface area contributed by atoms with Crippen LogP contribution in [0.1, 0.15) is 33.1 Å². The van der Waals surface area contributed by atoms with E-state index >= 15 is 0 Å². The van der Waals surface area contributed by atoms with Gasteiger partial charge in [-0.15, -0.1) is 0 Å². The molecule has 96 valence electrons. The molecular formula is C12H24F2N2. The molecule has 0 bridgehead atoms. The lowest BCUT2D eigenvalue weighted by molar-refractivity contribution is 0.0408. The molecule has 2 atom stereocenters. The van der Waals surface area contributed by atoms with Crippen LogP contribution in [-0.2, 0) is 0 Å². The molecule has 0 radical (unpaired) electrons. The molecule has 0 spiro atoms. The molecule has 0 aromatic heterocycles. The van der Waals surface area contributed by atoms with Gasteiger partial charge in [0.05, 0.1) is 6.54 Å². The van der Waals surface area contributed by atoms with Gasteiger partial charge in [0.25, 0.3) is 6.43 Å². The van der Waals surface area contributed by atoms with E-state index in [2.05, 4.69) is 13.8 Å². The van der Waals surface area contributed by atoms with Crippen LogP contribution in [0.3, 0.4) is 0 Å². The highest BCUT2D eigenvalue weighted by Crippen LogP contribution is 2.31. The van der Waals surface area contributed by atoms with Crippen molar-refractivity contribution >= 4 is 0 Å². The van der Waals surface area contributed by atoms with Gasteiger partial charge < -0.3 is 5.73 Å². The van der Waals surface area contributed by atoms with Gasteiger partial charge in [0.1, 0.15) is 0 Å². The lowest BCUT2D eigenvalue weighted by Crippen LogP contribution is -2.45. The zero-order valence-electron chi connectivity index (χ0n) is 10.3. The maximum Gasteiger partial charge on any atom is 0.251 e. The first-order valence-corrected chi connectivity index (χ1v) is 6.25. The molecule has 0 aromatic carbocycles. The second-order valence-electron chi connectivity index (χ2n) is 5.25. The highest BCUT2D eigenvalue weighted by Gasteiger charge is 2.29. The molecule has 16 heavy (non-hydrogen) atoms. The topological polar surface area (TPSA) is 29.3 Å². The number of nitrogens with two attached hydrogens (primary N) is 1. The molecule has 2 nitrogen and oxygen atoms in total. The zero-order valence-corrected chi connectivity index (χ0v) is 10.3. The molecule has 0 amide bonds. The second-order valence-corrected chi connectivity index (χ2v) is 5.25. The summed E-state index contributed by atoms with van der Waals surface area (Å²) < 4.78 is 25.0. The first kappa shape index (κ1) is 13.8. The fourth-order valence-electron chi connectivity index (χ4n) is 2.97. The highest BCUT2D eigenvalue weighted by molar-refractivity contribution is 4.82. The largest absolute Gasteiger partial charge is 0.329 e. The number of rotatable bonds is 5. The van der Waals surface area contributed by atoms with E-state index in [0.29, 0.717) is 31.0 Å². The summed E-state index contributed by atoms with van der Waals surface area (Å²) in [6.07, 6.45) is 1.05. The summed E-state index contributed by atoms with van der Waals surface area (Å²) in [6, 6.07) is 0.302. The molecule has 4 heteroatoms. The van der Waals surface area contributed by atoms with Crippen LogP contribution in [0, 0.1) is 11.8 Å². The Morgan fingerprint density at radius 1 is 1.19 bits per heavy atom. The minimum absolute atomic E-state index is 0.124. The van der Waals surface area contributed by atoms with Gasteiger partial charge >= 0.3 is 0 Å². The number of hydrogen-bond donors (Lipinski definition) is 1. The summed E-state index contributed by atoms with van der Waals surface area (Å²) in [5, 5.41) is 0. The van der Waals surface area contributed by atoms with Gasteiger partial charge in [-0.3, -0.25) is 4.90 Å². The van der Waals surface area contributed by atoms with Gasteiger partial charge in [0.2, 0.25) is 0 Å². The van der Waals surface area contributed by atoms with Crippen LogP contribution in [0.2, 0.25) is 0 Å². The third-order valence-corrected chi connectivity index (χ3v) is 3.46. The third-order valence-electron chi connectivity index (χ3n) is 3.46. The number of alkyl halides is 2. The number of nitrogens with zero attached hydrogens (tertiary/aromatic N) is 1. The average molecular weight is 234 g/mol. The van der Waals surface area contributed by atoms with Crippen molar-refractivity contribution in [2.45, 2.75) is 45.6 Å². The lowest BCUT2D eigenvalue weighted by Gasteiger charge is -2.39. The standard InChI is InChI=1S/C12H24F2N2/c1-9-5-10(2)7-11(6-9)16(4-3-15)8-12(13)14/h9-12H,3-8,15H2,1-2H3. The summed E-state index contributed by atoms with van der Waals surface area (Å²) in [5.41, 5.74) is 5.49. The first-order chi connectivity index (χ1) is 7.52. The molecule has 1 saturated carbocycles. The summed E-state index contributed by atoms with van der Waals surface area (Å²) >= 11 is 0. The Labute approximate surface area is 97.2 Å². The Balaban J connectivity index is 2.54. The van der Waals surface area contributed by atoms with Crippen molar-refractivity contribution in [2.24, 2.45) is 17.6 Å². The summed E-state index contributed by atoms with van der Waals surface area (Å²) in [4.78, 5) is 1.89. The SMILES string of the molecule is CC1CC(C)CC(N(CCN)CC(F)F)C1. The van der Waals surface area contributed by atoms with E-state index in [0.717, 1.165) is 12.8 Å². The molecular weight excluding hydrogens is 210 g/mol. The van der Waals surface area contributed by atoms with E-state index in [1.54, 1.807) is 0 Å². The Kier molecular flexibility index (Phi) is 5.62. The van der Waals surface area contributed by atoms with Crippen molar-refractivity contribution in [3.63, 3.8) is 0 Å². The molecule has 1 rings (SSSR count). The summed E-state index contributed by atoms with van der Waals surface area (Å²) in [6.45, 7) is 5.36. The van der Waals surface area contributed by atoms with Gasteiger partial charge in [-0.1, -0.05) is 13.8 Å². The van der Waals surface area contributed by atoms with Gasteiger partial charge in [-0.05, 0) is 31.1 Å². The van der Waals surface area contributed by atoms with Crippen LogP contribution < -0.4 is 5.73 Å². The van der Waals surface area contributed by atoms with Crippen molar-refractivity contribution in [2.75, 3.05) is 19.6 Å². The predicted octanol–water partition coefficient (Wildman–Crippen LogP) is 2.34. The van der Waals surface area contributed by atoms with Crippen molar-refractivity contribution in [1.82, 2.24) is 4.90 Å². The predicted molar refractivity (Wildman–Crippen MR) is 62.6 cm³/mol. The first-order valence-electron chi connectivity index (χ1n) is 6.25. The minimum Gasteiger partial charge on any atom is -0.329 e.